The summed E-state index contributed by atoms with van der Waals surface area (Å²) in [7, 11) is 0. The normalized spacial score (nSPS) is 17.3. The van der Waals surface area contributed by atoms with E-state index in [0.717, 1.165) is 24.5 Å². The van der Waals surface area contributed by atoms with E-state index in [0.29, 0.717) is 18.0 Å². The van der Waals surface area contributed by atoms with Crippen molar-refractivity contribution >= 4 is 11.7 Å². The molecule has 0 saturated carbocycles. The fourth-order valence-corrected chi connectivity index (χ4v) is 2.67. The number of nitrogens with two attached hydrogens (primary N) is 1. The Balaban J connectivity index is 1.74. The van der Waals surface area contributed by atoms with Crippen molar-refractivity contribution in [1.29, 1.82) is 0 Å². The molecule has 1 unspecified atom stereocenters. The summed E-state index contributed by atoms with van der Waals surface area (Å²) in [6.07, 6.45) is 4.39. The third-order valence-corrected chi connectivity index (χ3v) is 3.81. The fraction of sp³-hybridized carbons (Fsp3) is 0.500. The summed E-state index contributed by atoms with van der Waals surface area (Å²) in [6, 6.07) is 0.0214. The highest BCUT2D eigenvalue weighted by molar-refractivity contribution is 5.98. The first kappa shape index (κ1) is 14.4. The number of fused-ring (bicyclic) bond motifs is 1. The molecule has 8 heteroatoms. The molecular formula is C14H19N7O. The minimum atomic E-state index is -0.245. The maximum absolute atomic E-state index is 12.3. The molecule has 0 saturated heterocycles. The Morgan fingerprint density at radius 1 is 1.45 bits per heavy atom. The lowest BCUT2D eigenvalue weighted by Crippen LogP contribution is -2.41. The van der Waals surface area contributed by atoms with Crippen LogP contribution in [-0.2, 0) is 13.0 Å². The minimum Gasteiger partial charge on any atom is -0.383 e. The molecule has 1 aliphatic heterocycles. The Morgan fingerprint density at radius 2 is 2.27 bits per heavy atom. The van der Waals surface area contributed by atoms with E-state index in [1.54, 1.807) is 0 Å². The van der Waals surface area contributed by atoms with Crippen LogP contribution in [-0.4, -0.2) is 36.7 Å². The summed E-state index contributed by atoms with van der Waals surface area (Å²) in [6.45, 7) is 4.85. The molecule has 0 fully saturated rings. The molecule has 3 rings (SSSR count). The zero-order valence-electron chi connectivity index (χ0n) is 12.7. The second-order valence-corrected chi connectivity index (χ2v) is 5.77. The van der Waals surface area contributed by atoms with Gasteiger partial charge >= 0.3 is 0 Å². The van der Waals surface area contributed by atoms with Gasteiger partial charge in [0.25, 0.3) is 5.91 Å². The van der Waals surface area contributed by atoms with E-state index in [4.69, 9.17) is 5.73 Å². The number of amides is 1. The van der Waals surface area contributed by atoms with Crippen LogP contribution >= 0.6 is 0 Å². The van der Waals surface area contributed by atoms with Crippen LogP contribution in [0.1, 0.15) is 48.2 Å². The van der Waals surface area contributed by atoms with E-state index in [2.05, 4.69) is 43.9 Å². The van der Waals surface area contributed by atoms with Crippen LogP contribution in [0.25, 0.3) is 0 Å². The standard InChI is InChI=1S/C14H19N7O/c1-8(2)13-20-19-11-4-3-9(6-21(11)13)18-14(22)10-5-16-7-17-12(10)15/h5,7-9H,3-4,6H2,1-2H3,(H,18,22)(H2,15,16,17). The van der Waals surface area contributed by atoms with Crippen LogP contribution in [0.3, 0.4) is 0 Å². The van der Waals surface area contributed by atoms with E-state index in [-0.39, 0.29) is 17.8 Å². The predicted octanol–water partition coefficient (Wildman–Crippen LogP) is 0.518. The molecule has 22 heavy (non-hydrogen) atoms. The lowest BCUT2D eigenvalue weighted by atomic mass is 10.1. The summed E-state index contributed by atoms with van der Waals surface area (Å²) in [5.74, 6) is 2.18. The predicted molar refractivity (Wildman–Crippen MR) is 80.1 cm³/mol. The largest absolute Gasteiger partial charge is 0.383 e. The van der Waals surface area contributed by atoms with Crippen molar-refractivity contribution in [3.8, 4) is 0 Å². The van der Waals surface area contributed by atoms with Crippen molar-refractivity contribution in [2.75, 3.05) is 5.73 Å². The van der Waals surface area contributed by atoms with E-state index in [9.17, 15) is 4.79 Å². The molecule has 1 amide bonds. The Kier molecular flexibility index (Phi) is 3.74. The van der Waals surface area contributed by atoms with Gasteiger partial charge in [0, 0.05) is 31.1 Å². The van der Waals surface area contributed by atoms with Crippen LogP contribution in [0.15, 0.2) is 12.5 Å². The third-order valence-electron chi connectivity index (χ3n) is 3.81. The number of rotatable bonds is 3. The average molecular weight is 301 g/mol. The lowest BCUT2D eigenvalue weighted by molar-refractivity contribution is 0.0927. The van der Waals surface area contributed by atoms with Crippen LogP contribution in [0.4, 0.5) is 5.82 Å². The Bertz CT molecular complexity index is 694. The maximum atomic E-state index is 12.3. The topological polar surface area (TPSA) is 112 Å². The number of carbonyl (C=O) groups excluding carboxylic acids is 1. The van der Waals surface area contributed by atoms with Crippen molar-refractivity contribution in [3.05, 3.63) is 29.7 Å². The first-order valence-corrected chi connectivity index (χ1v) is 7.34. The summed E-state index contributed by atoms with van der Waals surface area (Å²) in [5, 5.41) is 11.5. The smallest absolute Gasteiger partial charge is 0.256 e. The molecule has 0 radical (unpaired) electrons. The quantitative estimate of drug-likeness (QED) is 0.854. The van der Waals surface area contributed by atoms with Crippen molar-refractivity contribution in [2.24, 2.45) is 0 Å². The third kappa shape index (κ3) is 2.63. The van der Waals surface area contributed by atoms with Gasteiger partial charge in [0.15, 0.2) is 0 Å². The highest BCUT2D eigenvalue weighted by atomic mass is 16.1. The zero-order valence-corrected chi connectivity index (χ0v) is 12.7. The average Bonchev–Trinajstić information content (AvgIpc) is 2.91. The molecule has 1 atom stereocenters. The van der Waals surface area contributed by atoms with Gasteiger partial charge in [-0.15, -0.1) is 10.2 Å². The maximum Gasteiger partial charge on any atom is 0.256 e. The number of carbonyl (C=O) groups is 1. The van der Waals surface area contributed by atoms with Crippen LogP contribution in [0, 0.1) is 0 Å². The van der Waals surface area contributed by atoms with Crippen molar-refractivity contribution in [1.82, 2.24) is 30.0 Å². The number of aromatic nitrogens is 5. The molecule has 0 bridgehead atoms. The Hall–Kier alpha value is -2.51. The summed E-state index contributed by atoms with van der Waals surface area (Å²) in [5.41, 5.74) is 6.02. The molecule has 0 aromatic carbocycles. The first-order valence-electron chi connectivity index (χ1n) is 7.34. The van der Waals surface area contributed by atoms with Gasteiger partial charge in [-0.25, -0.2) is 9.97 Å². The van der Waals surface area contributed by atoms with Crippen molar-refractivity contribution in [3.63, 3.8) is 0 Å². The summed E-state index contributed by atoms with van der Waals surface area (Å²) >= 11 is 0. The highest BCUT2D eigenvalue weighted by Gasteiger charge is 2.25. The van der Waals surface area contributed by atoms with E-state index in [1.807, 2.05) is 0 Å². The number of hydrogen-bond donors (Lipinski definition) is 2. The molecule has 8 nitrogen and oxygen atoms in total. The minimum absolute atomic E-state index is 0.0214. The van der Waals surface area contributed by atoms with Gasteiger partial charge in [-0.2, -0.15) is 0 Å². The summed E-state index contributed by atoms with van der Waals surface area (Å²) in [4.78, 5) is 20.0. The number of aryl methyl sites for hydroxylation is 1. The Labute approximate surface area is 128 Å². The summed E-state index contributed by atoms with van der Waals surface area (Å²) < 4.78 is 2.10. The van der Waals surface area contributed by atoms with Gasteiger partial charge in [-0.3, -0.25) is 4.79 Å². The first-order chi connectivity index (χ1) is 10.6. The van der Waals surface area contributed by atoms with Crippen molar-refractivity contribution < 1.29 is 4.79 Å². The second-order valence-electron chi connectivity index (χ2n) is 5.77. The van der Waals surface area contributed by atoms with E-state index >= 15 is 0 Å². The van der Waals surface area contributed by atoms with Gasteiger partial charge in [0.2, 0.25) is 0 Å². The fourth-order valence-electron chi connectivity index (χ4n) is 2.67. The van der Waals surface area contributed by atoms with E-state index < -0.39 is 0 Å². The number of nitrogen functional groups attached to an aromatic ring is 1. The lowest BCUT2D eigenvalue weighted by Gasteiger charge is -2.26. The molecule has 3 heterocycles. The molecule has 2 aromatic heterocycles. The molecule has 2 aromatic rings. The van der Waals surface area contributed by atoms with Gasteiger partial charge in [-0.05, 0) is 6.42 Å². The molecular weight excluding hydrogens is 282 g/mol. The molecule has 0 aliphatic carbocycles. The van der Waals surface area contributed by atoms with Crippen LogP contribution in [0.5, 0.6) is 0 Å². The monoisotopic (exact) mass is 301 g/mol. The van der Waals surface area contributed by atoms with Crippen LogP contribution in [0.2, 0.25) is 0 Å². The van der Waals surface area contributed by atoms with Gasteiger partial charge in [-0.1, -0.05) is 13.8 Å². The molecule has 1 aliphatic rings. The van der Waals surface area contributed by atoms with Gasteiger partial charge < -0.3 is 15.6 Å². The number of nitrogens with one attached hydrogen (secondary N) is 1. The van der Waals surface area contributed by atoms with Crippen LogP contribution < -0.4 is 11.1 Å². The number of nitrogens with zero attached hydrogens (tertiary/aromatic N) is 5. The van der Waals surface area contributed by atoms with Crippen molar-refractivity contribution in [2.45, 2.75) is 45.2 Å². The number of anilines is 1. The number of hydrogen-bond acceptors (Lipinski definition) is 6. The van der Waals surface area contributed by atoms with Gasteiger partial charge in [0.05, 0.1) is 5.56 Å². The zero-order chi connectivity index (χ0) is 15.7. The Morgan fingerprint density at radius 3 is 3.00 bits per heavy atom. The molecule has 116 valence electrons. The second kappa shape index (κ2) is 5.70. The highest BCUT2D eigenvalue weighted by Crippen LogP contribution is 2.20. The molecule has 3 N–H and O–H groups in total. The van der Waals surface area contributed by atoms with E-state index in [1.165, 1.54) is 12.5 Å². The molecule has 0 spiro atoms. The van der Waals surface area contributed by atoms with Gasteiger partial charge in [0.1, 0.15) is 23.8 Å². The SMILES string of the molecule is CC(C)c1nnc2n1CC(NC(=O)c1cncnc1N)CC2.